The van der Waals surface area contributed by atoms with Gasteiger partial charge in [-0.05, 0) is 38.5 Å². The molecule has 1 atom stereocenters. The first-order valence-corrected chi connectivity index (χ1v) is 28.2. The first kappa shape index (κ1) is 62.4. The summed E-state index contributed by atoms with van der Waals surface area (Å²) in [6.45, 7) is 6.52. The summed E-state index contributed by atoms with van der Waals surface area (Å²) >= 11 is 0. The van der Waals surface area contributed by atoms with Crippen molar-refractivity contribution in [1.82, 2.24) is 0 Å². The van der Waals surface area contributed by atoms with E-state index in [0.717, 1.165) is 83.5 Å². The highest BCUT2D eigenvalue weighted by molar-refractivity contribution is 5.71. The van der Waals surface area contributed by atoms with Gasteiger partial charge in [0, 0.05) is 19.3 Å². The molecule has 0 aromatic heterocycles. The molecule has 0 amide bonds. The highest BCUT2D eigenvalue weighted by atomic mass is 16.6. The maximum atomic E-state index is 12.8. The number of hydrogen-bond acceptors (Lipinski definition) is 6. The number of carbonyl (C=O) groups excluding carboxylic acids is 3. The minimum Gasteiger partial charge on any atom is -0.462 e. The largest absolute Gasteiger partial charge is 0.462 e. The van der Waals surface area contributed by atoms with Crippen molar-refractivity contribution >= 4 is 17.9 Å². The van der Waals surface area contributed by atoms with Crippen LogP contribution in [0.4, 0.5) is 0 Å². The van der Waals surface area contributed by atoms with Crippen LogP contribution in [0.2, 0.25) is 0 Å². The van der Waals surface area contributed by atoms with E-state index < -0.39 is 6.10 Å². The molecule has 0 heterocycles. The number of hydrogen-bond donors (Lipinski definition) is 0. The summed E-state index contributed by atoms with van der Waals surface area (Å²) in [5.41, 5.74) is 0. The van der Waals surface area contributed by atoms with Gasteiger partial charge in [-0.2, -0.15) is 0 Å². The van der Waals surface area contributed by atoms with Crippen LogP contribution in [0.5, 0.6) is 0 Å². The summed E-state index contributed by atoms with van der Waals surface area (Å²) in [6.07, 6.45) is 65.2. The maximum Gasteiger partial charge on any atom is 0.306 e. The standard InChI is InChI=1S/C59H106O6/c1-4-7-10-13-16-19-22-25-28-29-32-34-37-40-43-46-49-52-58(61)64-55-56(65-59(62)53-50-47-44-41-38-35-31-27-24-21-18-15-12-9-6-3)54-63-57(60)51-48-45-42-39-36-33-30-26-23-20-17-14-11-8-5-2/h9,12,15,18,21,24,27,31,56H,4-8,10-11,13-14,16-17,19-20,22-23,25-26,28-30,32-55H2,1-3H3/b12-9-,18-15-,24-21-,31-27-. The van der Waals surface area contributed by atoms with Gasteiger partial charge in [-0.25, -0.2) is 0 Å². The average molecular weight is 911 g/mol. The van der Waals surface area contributed by atoms with E-state index in [0.29, 0.717) is 19.3 Å². The predicted molar refractivity (Wildman–Crippen MR) is 279 cm³/mol. The highest BCUT2D eigenvalue weighted by Crippen LogP contribution is 2.17. The molecule has 0 saturated heterocycles. The lowest BCUT2D eigenvalue weighted by atomic mass is 10.0. The number of esters is 3. The van der Waals surface area contributed by atoms with E-state index in [1.807, 2.05) is 18.2 Å². The average Bonchev–Trinajstić information content (AvgIpc) is 3.30. The van der Waals surface area contributed by atoms with Crippen molar-refractivity contribution in [2.75, 3.05) is 13.2 Å². The molecule has 0 aliphatic heterocycles. The van der Waals surface area contributed by atoms with Gasteiger partial charge in [0.1, 0.15) is 13.2 Å². The third-order valence-electron chi connectivity index (χ3n) is 12.4. The van der Waals surface area contributed by atoms with Crippen molar-refractivity contribution in [3.8, 4) is 0 Å². The zero-order valence-corrected chi connectivity index (χ0v) is 43.3. The van der Waals surface area contributed by atoms with Crippen LogP contribution in [0.25, 0.3) is 0 Å². The van der Waals surface area contributed by atoms with Crippen LogP contribution in [-0.2, 0) is 28.6 Å². The van der Waals surface area contributed by atoms with Crippen molar-refractivity contribution in [2.45, 2.75) is 297 Å². The summed E-state index contributed by atoms with van der Waals surface area (Å²) in [6, 6.07) is 0. The van der Waals surface area contributed by atoms with Gasteiger partial charge in [-0.1, -0.05) is 281 Å². The van der Waals surface area contributed by atoms with Crippen LogP contribution in [0.15, 0.2) is 48.6 Å². The molecule has 65 heavy (non-hydrogen) atoms. The quantitative estimate of drug-likeness (QED) is 0.0262. The van der Waals surface area contributed by atoms with E-state index in [1.165, 1.54) is 167 Å². The SMILES string of the molecule is CC\C=C/C=C\C=C/C=C\CCCCCCCC(=O)OC(COC(=O)CCCCCCCCCCCCCCCCC)COC(=O)CCCCCCCCCCCCCCCCCCC. The van der Waals surface area contributed by atoms with Crippen molar-refractivity contribution < 1.29 is 28.6 Å². The fraction of sp³-hybridized carbons (Fsp3) is 0.814. The zero-order chi connectivity index (χ0) is 47.2. The normalized spacial score (nSPS) is 12.4. The second-order valence-electron chi connectivity index (χ2n) is 18.9. The summed E-state index contributed by atoms with van der Waals surface area (Å²) in [7, 11) is 0. The van der Waals surface area contributed by atoms with Crippen molar-refractivity contribution in [3.63, 3.8) is 0 Å². The molecule has 0 aromatic carbocycles. The fourth-order valence-electron chi connectivity index (χ4n) is 8.22. The minimum absolute atomic E-state index is 0.0787. The molecule has 0 N–H and O–H groups in total. The van der Waals surface area contributed by atoms with Gasteiger partial charge < -0.3 is 14.2 Å². The summed E-state index contributed by atoms with van der Waals surface area (Å²) in [5.74, 6) is -0.886. The summed E-state index contributed by atoms with van der Waals surface area (Å²) in [5, 5.41) is 0. The lowest BCUT2D eigenvalue weighted by molar-refractivity contribution is -0.167. The van der Waals surface area contributed by atoms with E-state index in [2.05, 4.69) is 51.2 Å². The molecule has 0 radical (unpaired) electrons. The van der Waals surface area contributed by atoms with E-state index in [1.54, 1.807) is 0 Å². The monoisotopic (exact) mass is 911 g/mol. The molecule has 0 rings (SSSR count). The second kappa shape index (κ2) is 54.0. The third-order valence-corrected chi connectivity index (χ3v) is 12.4. The molecule has 378 valence electrons. The number of carbonyl (C=O) groups is 3. The van der Waals surface area contributed by atoms with Crippen LogP contribution in [0, 0.1) is 0 Å². The van der Waals surface area contributed by atoms with Crippen molar-refractivity contribution in [3.05, 3.63) is 48.6 Å². The van der Waals surface area contributed by atoms with Gasteiger partial charge in [0.2, 0.25) is 0 Å². The Kier molecular flexibility index (Phi) is 51.8. The van der Waals surface area contributed by atoms with Crippen LogP contribution in [0.1, 0.15) is 290 Å². The molecule has 0 aromatic rings. The van der Waals surface area contributed by atoms with Crippen LogP contribution < -0.4 is 0 Å². The summed E-state index contributed by atoms with van der Waals surface area (Å²) < 4.78 is 16.8. The van der Waals surface area contributed by atoms with Crippen molar-refractivity contribution in [1.29, 1.82) is 0 Å². The third kappa shape index (κ3) is 52.2. The Labute approximate surface area is 403 Å². The molecule has 0 spiro atoms. The van der Waals surface area contributed by atoms with Crippen LogP contribution in [0.3, 0.4) is 0 Å². The smallest absolute Gasteiger partial charge is 0.306 e. The van der Waals surface area contributed by atoms with Gasteiger partial charge in [-0.15, -0.1) is 0 Å². The van der Waals surface area contributed by atoms with Gasteiger partial charge in [0.25, 0.3) is 0 Å². The van der Waals surface area contributed by atoms with E-state index in [9.17, 15) is 14.4 Å². The lowest BCUT2D eigenvalue weighted by Crippen LogP contribution is -2.30. The highest BCUT2D eigenvalue weighted by Gasteiger charge is 2.19. The molecule has 6 nitrogen and oxygen atoms in total. The Morgan fingerprint density at radius 3 is 0.938 bits per heavy atom. The Morgan fingerprint density at radius 1 is 0.323 bits per heavy atom. The first-order valence-electron chi connectivity index (χ1n) is 28.2. The van der Waals surface area contributed by atoms with Crippen molar-refractivity contribution in [2.24, 2.45) is 0 Å². The van der Waals surface area contributed by atoms with E-state index in [4.69, 9.17) is 14.2 Å². The molecule has 0 bridgehead atoms. The number of unbranched alkanes of at least 4 members (excludes halogenated alkanes) is 35. The van der Waals surface area contributed by atoms with E-state index >= 15 is 0 Å². The molecular formula is C59H106O6. The lowest BCUT2D eigenvalue weighted by Gasteiger charge is -2.18. The van der Waals surface area contributed by atoms with Crippen LogP contribution >= 0.6 is 0 Å². The fourth-order valence-corrected chi connectivity index (χ4v) is 8.22. The van der Waals surface area contributed by atoms with Crippen LogP contribution in [-0.4, -0.2) is 37.2 Å². The molecule has 0 aliphatic rings. The summed E-state index contributed by atoms with van der Waals surface area (Å²) in [4.78, 5) is 38.1. The topological polar surface area (TPSA) is 78.9 Å². The molecule has 1 unspecified atom stereocenters. The van der Waals surface area contributed by atoms with Gasteiger partial charge in [-0.3, -0.25) is 14.4 Å². The number of rotatable bonds is 51. The number of allylic oxidation sites excluding steroid dienone is 8. The Hall–Kier alpha value is -2.63. The Morgan fingerprint density at radius 2 is 0.600 bits per heavy atom. The maximum absolute atomic E-state index is 12.8. The molecule has 6 heteroatoms. The second-order valence-corrected chi connectivity index (χ2v) is 18.9. The first-order chi connectivity index (χ1) is 32.0. The van der Waals surface area contributed by atoms with E-state index in [-0.39, 0.29) is 31.1 Å². The van der Waals surface area contributed by atoms with Gasteiger partial charge in [0.05, 0.1) is 0 Å². The molecule has 0 aliphatic carbocycles. The molecule has 0 fully saturated rings. The Balaban J connectivity index is 4.37. The molecular weight excluding hydrogens is 805 g/mol. The predicted octanol–water partition coefficient (Wildman–Crippen LogP) is 18.7. The van der Waals surface area contributed by atoms with Gasteiger partial charge in [0.15, 0.2) is 6.10 Å². The zero-order valence-electron chi connectivity index (χ0n) is 43.3. The number of ether oxygens (including phenoxy) is 3. The van der Waals surface area contributed by atoms with Gasteiger partial charge >= 0.3 is 17.9 Å². The Bertz CT molecular complexity index is 1140. The molecule has 0 saturated carbocycles. The minimum atomic E-state index is -0.781.